The zero-order valence-electron chi connectivity index (χ0n) is 20.3. The maximum Gasteiger partial charge on any atom is 0.414 e. The number of hydroxylamine groups is 2. The van der Waals surface area contributed by atoms with Crippen LogP contribution in [0.4, 0.5) is 25.0 Å². The lowest BCUT2D eigenvalue weighted by molar-refractivity contribution is -0.150. The molecular formula is C23H34F2N6O4. The number of benzene rings is 1. The second kappa shape index (κ2) is 11.5. The van der Waals surface area contributed by atoms with Crippen molar-refractivity contribution in [3.8, 4) is 0 Å². The SMILES string of the molecule is CC(=O)NC[C@H]1CN(c2cc(F)c(N3CCON(CCN4CCN(C)CC4)CC3)c(F)c2)C(=O)O1. The van der Waals surface area contributed by atoms with Gasteiger partial charge < -0.3 is 19.9 Å². The normalized spacial score (nSPS) is 22.9. The van der Waals surface area contributed by atoms with Gasteiger partial charge in [0.05, 0.1) is 25.4 Å². The molecule has 0 saturated carbocycles. The number of rotatable bonds is 7. The summed E-state index contributed by atoms with van der Waals surface area (Å²) in [6.45, 7) is 8.99. The third-order valence-corrected chi connectivity index (χ3v) is 6.60. The van der Waals surface area contributed by atoms with Crippen LogP contribution in [0.2, 0.25) is 0 Å². The molecule has 1 N–H and O–H groups in total. The summed E-state index contributed by atoms with van der Waals surface area (Å²) in [5, 5.41) is 4.45. The van der Waals surface area contributed by atoms with Crippen molar-refractivity contribution in [3.63, 3.8) is 0 Å². The fourth-order valence-electron chi connectivity index (χ4n) is 4.52. The first-order chi connectivity index (χ1) is 16.8. The molecule has 1 aromatic rings. The molecule has 1 aromatic carbocycles. The van der Waals surface area contributed by atoms with Crippen LogP contribution in [0.15, 0.2) is 12.1 Å². The summed E-state index contributed by atoms with van der Waals surface area (Å²) >= 11 is 0. The lowest BCUT2D eigenvalue weighted by Crippen LogP contribution is -2.47. The molecule has 3 fully saturated rings. The van der Waals surface area contributed by atoms with Gasteiger partial charge in [-0.05, 0) is 7.05 Å². The minimum absolute atomic E-state index is 0.0824. The highest BCUT2D eigenvalue weighted by atomic mass is 19.1. The fraction of sp³-hybridized carbons (Fsp3) is 0.652. The molecule has 0 radical (unpaired) electrons. The molecule has 0 aliphatic carbocycles. The first kappa shape index (κ1) is 25.5. The number of nitrogens with one attached hydrogen (secondary N) is 1. The van der Waals surface area contributed by atoms with Crippen molar-refractivity contribution in [2.45, 2.75) is 13.0 Å². The van der Waals surface area contributed by atoms with Crippen LogP contribution in [0.25, 0.3) is 0 Å². The topological polar surface area (TPSA) is 80.8 Å². The summed E-state index contributed by atoms with van der Waals surface area (Å²) in [5.74, 6) is -1.74. The fourth-order valence-corrected chi connectivity index (χ4v) is 4.52. The minimum atomic E-state index is -0.746. The van der Waals surface area contributed by atoms with Crippen LogP contribution < -0.4 is 15.1 Å². The Balaban J connectivity index is 1.34. The van der Waals surface area contributed by atoms with Crippen molar-refractivity contribution >= 4 is 23.4 Å². The van der Waals surface area contributed by atoms with Crippen LogP contribution in [-0.2, 0) is 14.4 Å². The first-order valence-corrected chi connectivity index (χ1v) is 12.1. The Labute approximate surface area is 204 Å². The molecule has 0 aromatic heterocycles. The number of likely N-dealkylation sites (N-methyl/N-ethyl adjacent to an activating group) is 1. The predicted molar refractivity (Wildman–Crippen MR) is 126 cm³/mol. The van der Waals surface area contributed by atoms with Crippen molar-refractivity contribution in [1.29, 1.82) is 0 Å². The van der Waals surface area contributed by atoms with E-state index in [1.165, 1.54) is 11.8 Å². The smallest absolute Gasteiger partial charge is 0.414 e. The number of hydrogen-bond donors (Lipinski definition) is 1. The van der Waals surface area contributed by atoms with E-state index in [1.54, 1.807) is 4.90 Å². The maximum absolute atomic E-state index is 15.1. The van der Waals surface area contributed by atoms with Crippen LogP contribution in [0.3, 0.4) is 0 Å². The summed E-state index contributed by atoms with van der Waals surface area (Å²) in [6.07, 6.45) is -1.29. The molecule has 3 aliphatic heterocycles. The van der Waals surface area contributed by atoms with E-state index in [1.807, 2.05) is 5.06 Å². The number of carbonyl (C=O) groups excluding carboxylic acids is 2. The number of cyclic esters (lactones) is 1. The summed E-state index contributed by atoms with van der Waals surface area (Å²) < 4.78 is 35.4. The van der Waals surface area contributed by atoms with Crippen molar-refractivity contribution in [2.24, 2.45) is 0 Å². The van der Waals surface area contributed by atoms with E-state index in [0.29, 0.717) is 26.2 Å². The van der Waals surface area contributed by atoms with Crippen molar-refractivity contribution in [2.75, 3.05) is 95.4 Å². The highest BCUT2D eigenvalue weighted by molar-refractivity contribution is 5.90. The highest BCUT2D eigenvalue weighted by Crippen LogP contribution is 2.31. The number of halogens is 2. The summed E-state index contributed by atoms with van der Waals surface area (Å²) in [4.78, 5) is 36.7. The summed E-state index contributed by atoms with van der Waals surface area (Å²) in [7, 11) is 2.12. The molecule has 10 nitrogen and oxygen atoms in total. The molecule has 3 heterocycles. The van der Waals surface area contributed by atoms with Gasteiger partial charge in [-0.1, -0.05) is 0 Å². The highest BCUT2D eigenvalue weighted by Gasteiger charge is 2.34. The lowest BCUT2D eigenvalue weighted by atomic mass is 10.2. The van der Waals surface area contributed by atoms with E-state index in [-0.39, 0.29) is 30.4 Å². The lowest BCUT2D eigenvalue weighted by Gasteiger charge is -2.33. The Morgan fingerprint density at radius 1 is 1.06 bits per heavy atom. The van der Waals surface area contributed by atoms with Crippen molar-refractivity contribution < 1.29 is 27.9 Å². The van der Waals surface area contributed by atoms with Gasteiger partial charge in [0.2, 0.25) is 5.91 Å². The molecule has 0 spiro atoms. The Morgan fingerprint density at radius 3 is 2.46 bits per heavy atom. The molecule has 12 heteroatoms. The third-order valence-electron chi connectivity index (χ3n) is 6.60. The van der Waals surface area contributed by atoms with Gasteiger partial charge in [0.25, 0.3) is 0 Å². The largest absolute Gasteiger partial charge is 0.442 e. The van der Waals surface area contributed by atoms with E-state index < -0.39 is 23.8 Å². The van der Waals surface area contributed by atoms with E-state index >= 15 is 8.78 Å². The van der Waals surface area contributed by atoms with Crippen LogP contribution >= 0.6 is 0 Å². The first-order valence-electron chi connectivity index (χ1n) is 12.1. The molecule has 194 valence electrons. The monoisotopic (exact) mass is 496 g/mol. The molecular weight excluding hydrogens is 462 g/mol. The number of carbonyl (C=O) groups is 2. The predicted octanol–water partition coefficient (Wildman–Crippen LogP) is 0.727. The molecule has 4 rings (SSSR count). The van der Waals surface area contributed by atoms with Gasteiger partial charge in [0, 0.05) is 78.0 Å². The number of anilines is 2. The van der Waals surface area contributed by atoms with Gasteiger partial charge in [-0.25, -0.2) is 13.6 Å². The molecule has 0 unspecified atom stereocenters. The van der Waals surface area contributed by atoms with Crippen LogP contribution in [0.5, 0.6) is 0 Å². The Hall–Kier alpha value is -2.54. The van der Waals surface area contributed by atoms with Crippen LogP contribution in [0, 0.1) is 11.6 Å². The molecule has 35 heavy (non-hydrogen) atoms. The van der Waals surface area contributed by atoms with Gasteiger partial charge in [-0.15, -0.1) is 0 Å². The van der Waals surface area contributed by atoms with E-state index in [0.717, 1.165) is 51.4 Å². The maximum atomic E-state index is 15.1. The van der Waals surface area contributed by atoms with Gasteiger partial charge >= 0.3 is 6.09 Å². The minimum Gasteiger partial charge on any atom is -0.442 e. The molecule has 1 atom stereocenters. The second-order valence-corrected chi connectivity index (χ2v) is 9.21. The number of ether oxygens (including phenoxy) is 1. The number of nitrogens with zero attached hydrogens (tertiary/aromatic N) is 5. The zero-order chi connectivity index (χ0) is 24.9. The molecule has 3 saturated heterocycles. The van der Waals surface area contributed by atoms with E-state index in [9.17, 15) is 9.59 Å². The van der Waals surface area contributed by atoms with Crippen molar-refractivity contribution in [1.82, 2.24) is 20.2 Å². The molecule has 2 amide bonds. The number of hydrogen-bond acceptors (Lipinski definition) is 8. The van der Waals surface area contributed by atoms with Crippen molar-refractivity contribution in [3.05, 3.63) is 23.8 Å². The Morgan fingerprint density at radius 2 is 1.77 bits per heavy atom. The van der Waals surface area contributed by atoms with Gasteiger partial charge in [-0.2, -0.15) is 5.06 Å². The quantitative estimate of drug-likeness (QED) is 0.592. The standard InChI is InChI=1S/C23H34F2N6O4/c1-17(32)26-15-19-16-31(23(33)35-19)18-13-20(24)22(21(25)14-18)29-8-10-30(34-12-11-29)9-7-28-5-3-27(2)4-6-28/h13-14,19H,3-12,15-16H2,1-2H3,(H,26,32)/t19-/m0/s1. The Bertz CT molecular complexity index is 891. The summed E-state index contributed by atoms with van der Waals surface area (Å²) in [5.41, 5.74) is -0.0421. The van der Waals surface area contributed by atoms with E-state index in [4.69, 9.17) is 9.57 Å². The molecule has 3 aliphatic rings. The average Bonchev–Trinajstić information content (AvgIpc) is 3.03. The third kappa shape index (κ3) is 6.57. The Kier molecular flexibility index (Phi) is 8.37. The van der Waals surface area contributed by atoms with Crippen LogP contribution in [-0.4, -0.2) is 119 Å². The van der Waals surface area contributed by atoms with E-state index in [2.05, 4.69) is 22.2 Å². The zero-order valence-corrected chi connectivity index (χ0v) is 20.3. The van der Waals surface area contributed by atoms with Gasteiger partial charge in [0.15, 0.2) is 11.6 Å². The van der Waals surface area contributed by atoms with Gasteiger partial charge in [0.1, 0.15) is 11.8 Å². The average molecular weight is 497 g/mol. The van der Waals surface area contributed by atoms with Crippen LogP contribution in [0.1, 0.15) is 6.92 Å². The number of amides is 2. The second-order valence-electron chi connectivity index (χ2n) is 9.21. The molecule has 0 bridgehead atoms. The summed E-state index contributed by atoms with van der Waals surface area (Å²) in [6, 6.07) is 2.30. The number of piperazine rings is 1. The van der Waals surface area contributed by atoms with Gasteiger partial charge in [-0.3, -0.25) is 19.4 Å².